The molecule has 1 N–H and O–H groups in total. The number of rotatable bonds is 5. The quantitative estimate of drug-likeness (QED) is 0.670. The standard InChI is InChI=1S/C13H14N2O3S/c1-9-7-10(3-5-12(9)18-2)14-8-11-4-6-13(19-11)15(16)17/h3-7,14H,8H2,1-2H3. The number of hydrogen-bond donors (Lipinski definition) is 1. The summed E-state index contributed by atoms with van der Waals surface area (Å²) in [6.45, 7) is 2.55. The molecule has 0 fully saturated rings. The van der Waals surface area contributed by atoms with Gasteiger partial charge in [-0.25, -0.2) is 0 Å². The summed E-state index contributed by atoms with van der Waals surface area (Å²) < 4.78 is 5.19. The Morgan fingerprint density at radius 3 is 2.74 bits per heavy atom. The molecule has 0 saturated carbocycles. The third kappa shape index (κ3) is 3.23. The smallest absolute Gasteiger partial charge is 0.324 e. The normalized spacial score (nSPS) is 10.2. The molecule has 19 heavy (non-hydrogen) atoms. The van der Waals surface area contributed by atoms with Gasteiger partial charge < -0.3 is 10.1 Å². The number of hydrogen-bond acceptors (Lipinski definition) is 5. The zero-order valence-electron chi connectivity index (χ0n) is 10.7. The number of nitrogens with zero attached hydrogens (tertiary/aromatic N) is 1. The van der Waals surface area contributed by atoms with Gasteiger partial charge in [0.2, 0.25) is 0 Å². The van der Waals surface area contributed by atoms with Crippen LogP contribution >= 0.6 is 11.3 Å². The van der Waals surface area contributed by atoms with E-state index < -0.39 is 0 Å². The second-order valence-electron chi connectivity index (χ2n) is 4.04. The molecular formula is C13H14N2O3S. The van der Waals surface area contributed by atoms with Crippen molar-refractivity contribution in [3.8, 4) is 5.75 Å². The number of aryl methyl sites for hydroxylation is 1. The first-order valence-electron chi connectivity index (χ1n) is 5.72. The van der Waals surface area contributed by atoms with Gasteiger partial charge in [-0.15, -0.1) is 0 Å². The SMILES string of the molecule is COc1ccc(NCc2ccc([N+](=O)[O-])s2)cc1C. The van der Waals surface area contributed by atoms with Crippen LogP contribution in [0.4, 0.5) is 10.7 Å². The molecule has 0 bridgehead atoms. The van der Waals surface area contributed by atoms with Crippen molar-refractivity contribution in [3.05, 3.63) is 50.9 Å². The van der Waals surface area contributed by atoms with Crippen LogP contribution < -0.4 is 10.1 Å². The molecule has 0 amide bonds. The van der Waals surface area contributed by atoms with Gasteiger partial charge in [0, 0.05) is 23.2 Å². The minimum Gasteiger partial charge on any atom is -0.496 e. The average molecular weight is 278 g/mol. The highest BCUT2D eigenvalue weighted by Crippen LogP contribution is 2.26. The monoisotopic (exact) mass is 278 g/mol. The molecule has 1 aromatic heterocycles. The van der Waals surface area contributed by atoms with Gasteiger partial charge in [-0.2, -0.15) is 0 Å². The van der Waals surface area contributed by atoms with E-state index in [2.05, 4.69) is 5.32 Å². The Bertz CT molecular complexity index is 595. The third-order valence-corrected chi connectivity index (χ3v) is 3.73. The van der Waals surface area contributed by atoms with Crippen LogP contribution in [0.1, 0.15) is 10.4 Å². The summed E-state index contributed by atoms with van der Waals surface area (Å²) in [5, 5.41) is 14.0. The van der Waals surface area contributed by atoms with E-state index in [0.717, 1.165) is 21.9 Å². The molecule has 100 valence electrons. The van der Waals surface area contributed by atoms with E-state index in [1.165, 1.54) is 17.4 Å². The molecule has 0 atom stereocenters. The summed E-state index contributed by atoms with van der Waals surface area (Å²) >= 11 is 1.19. The largest absolute Gasteiger partial charge is 0.496 e. The van der Waals surface area contributed by atoms with Crippen molar-refractivity contribution in [3.63, 3.8) is 0 Å². The van der Waals surface area contributed by atoms with Crippen LogP contribution in [0.5, 0.6) is 5.75 Å². The highest BCUT2D eigenvalue weighted by atomic mass is 32.1. The lowest BCUT2D eigenvalue weighted by molar-refractivity contribution is -0.380. The van der Waals surface area contributed by atoms with Gasteiger partial charge in [-0.3, -0.25) is 10.1 Å². The van der Waals surface area contributed by atoms with Crippen molar-refractivity contribution in [1.29, 1.82) is 0 Å². The fraction of sp³-hybridized carbons (Fsp3) is 0.231. The summed E-state index contributed by atoms with van der Waals surface area (Å²) in [5.41, 5.74) is 2.01. The van der Waals surface area contributed by atoms with Gasteiger partial charge in [0.05, 0.1) is 12.0 Å². The molecule has 2 rings (SSSR count). The van der Waals surface area contributed by atoms with Crippen LogP contribution in [0, 0.1) is 17.0 Å². The molecule has 0 radical (unpaired) electrons. The molecule has 0 spiro atoms. The van der Waals surface area contributed by atoms with Gasteiger partial charge >= 0.3 is 5.00 Å². The lowest BCUT2D eigenvalue weighted by Crippen LogP contribution is -1.98. The van der Waals surface area contributed by atoms with Crippen LogP contribution in [-0.4, -0.2) is 12.0 Å². The molecule has 6 heteroatoms. The fourth-order valence-corrected chi connectivity index (χ4v) is 2.50. The van der Waals surface area contributed by atoms with E-state index in [0.29, 0.717) is 6.54 Å². The number of nitro groups is 1. The van der Waals surface area contributed by atoms with Crippen LogP contribution in [-0.2, 0) is 6.54 Å². The number of nitrogens with one attached hydrogen (secondary N) is 1. The van der Waals surface area contributed by atoms with Crippen LogP contribution in [0.3, 0.4) is 0 Å². The molecule has 2 aromatic rings. The van der Waals surface area contributed by atoms with Gasteiger partial charge in [0.1, 0.15) is 5.75 Å². The predicted octanol–water partition coefficient (Wildman–Crippen LogP) is 3.59. The Kier molecular flexibility index (Phi) is 4.01. The highest BCUT2D eigenvalue weighted by Gasteiger charge is 2.09. The molecule has 0 saturated heterocycles. The molecule has 0 unspecified atom stereocenters. The maximum absolute atomic E-state index is 10.6. The fourth-order valence-electron chi connectivity index (χ4n) is 1.74. The van der Waals surface area contributed by atoms with Gasteiger partial charge in [-0.1, -0.05) is 11.3 Å². The van der Waals surface area contributed by atoms with E-state index in [-0.39, 0.29) is 9.92 Å². The Balaban J connectivity index is 2.01. The molecule has 5 nitrogen and oxygen atoms in total. The summed E-state index contributed by atoms with van der Waals surface area (Å²) in [4.78, 5) is 11.1. The van der Waals surface area contributed by atoms with Crippen molar-refractivity contribution in [2.24, 2.45) is 0 Å². The van der Waals surface area contributed by atoms with Gasteiger partial charge in [0.25, 0.3) is 0 Å². The summed E-state index contributed by atoms with van der Waals surface area (Å²) in [5.74, 6) is 0.845. The lowest BCUT2D eigenvalue weighted by atomic mass is 10.2. The Morgan fingerprint density at radius 2 is 2.16 bits per heavy atom. The van der Waals surface area contributed by atoms with Crippen molar-refractivity contribution in [2.75, 3.05) is 12.4 Å². The average Bonchev–Trinajstić information content (AvgIpc) is 2.85. The van der Waals surface area contributed by atoms with E-state index in [4.69, 9.17) is 4.74 Å². The summed E-state index contributed by atoms with van der Waals surface area (Å²) in [6, 6.07) is 9.11. The van der Waals surface area contributed by atoms with Crippen molar-refractivity contribution < 1.29 is 9.66 Å². The number of anilines is 1. The van der Waals surface area contributed by atoms with Crippen molar-refractivity contribution in [1.82, 2.24) is 0 Å². The molecule has 0 aliphatic rings. The van der Waals surface area contributed by atoms with E-state index >= 15 is 0 Å². The molecule has 0 aliphatic carbocycles. The van der Waals surface area contributed by atoms with E-state index in [1.54, 1.807) is 13.2 Å². The zero-order valence-corrected chi connectivity index (χ0v) is 11.5. The Morgan fingerprint density at radius 1 is 1.37 bits per heavy atom. The zero-order chi connectivity index (χ0) is 13.8. The third-order valence-electron chi connectivity index (χ3n) is 2.69. The minimum atomic E-state index is -0.369. The van der Waals surface area contributed by atoms with Gasteiger partial charge in [-0.05, 0) is 36.8 Å². The summed E-state index contributed by atoms with van der Waals surface area (Å²) in [7, 11) is 1.64. The van der Waals surface area contributed by atoms with Crippen molar-refractivity contribution in [2.45, 2.75) is 13.5 Å². The van der Waals surface area contributed by atoms with E-state index in [1.807, 2.05) is 25.1 Å². The lowest BCUT2D eigenvalue weighted by Gasteiger charge is -2.08. The maximum Gasteiger partial charge on any atom is 0.324 e. The van der Waals surface area contributed by atoms with E-state index in [9.17, 15) is 10.1 Å². The number of methoxy groups -OCH3 is 1. The molecule has 0 aliphatic heterocycles. The van der Waals surface area contributed by atoms with Crippen LogP contribution in [0.2, 0.25) is 0 Å². The first kappa shape index (κ1) is 13.4. The molecular weight excluding hydrogens is 264 g/mol. The van der Waals surface area contributed by atoms with Crippen LogP contribution in [0.15, 0.2) is 30.3 Å². The number of thiophene rings is 1. The Labute approximate surface area is 115 Å². The number of benzene rings is 1. The molecule has 1 aromatic carbocycles. The second-order valence-corrected chi connectivity index (χ2v) is 5.18. The Hall–Kier alpha value is -2.08. The first-order chi connectivity index (χ1) is 9.10. The van der Waals surface area contributed by atoms with Crippen molar-refractivity contribution >= 4 is 22.0 Å². The summed E-state index contributed by atoms with van der Waals surface area (Å²) in [6.07, 6.45) is 0. The maximum atomic E-state index is 10.6. The molecule has 1 heterocycles. The second kappa shape index (κ2) is 5.71. The topological polar surface area (TPSA) is 64.4 Å². The first-order valence-corrected chi connectivity index (χ1v) is 6.53. The van der Waals surface area contributed by atoms with Gasteiger partial charge in [0.15, 0.2) is 0 Å². The van der Waals surface area contributed by atoms with Crippen LogP contribution in [0.25, 0.3) is 0 Å². The highest BCUT2D eigenvalue weighted by molar-refractivity contribution is 7.15. The minimum absolute atomic E-state index is 0.169. The number of ether oxygens (including phenoxy) is 1. The predicted molar refractivity (Wildman–Crippen MR) is 76.0 cm³/mol.